The van der Waals surface area contributed by atoms with Gasteiger partial charge in [-0.15, -0.1) is 0 Å². The third-order valence-electron chi connectivity index (χ3n) is 6.67. The Morgan fingerprint density at radius 2 is 1.86 bits per heavy atom. The van der Waals surface area contributed by atoms with Gasteiger partial charge in [-0.3, -0.25) is 10.1 Å². The summed E-state index contributed by atoms with van der Waals surface area (Å²) in [4.78, 5) is 17.3. The van der Waals surface area contributed by atoms with Gasteiger partial charge in [-0.2, -0.15) is 5.10 Å². The molecule has 1 saturated heterocycles. The molecule has 4 aromatic rings. The lowest BCUT2D eigenvalue weighted by atomic mass is 10.0. The minimum absolute atomic E-state index is 0.700. The minimum atomic E-state index is 0.700. The van der Waals surface area contributed by atoms with Gasteiger partial charge in [0.05, 0.1) is 11.4 Å². The van der Waals surface area contributed by atoms with Crippen molar-refractivity contribution >= 4 is 22.5 Å². The number of piperidine rings is 1. The van der Waals surface area contributed by atoms with Crippen LogP contribution in [-0.4, -0.2) is 62.1 Å². The zero-order valence-electron chi connectivity index (χ0n) is 20.2. The monoisotopic (exact) mass is 466 g/mol. The van der Waals surface area contributed by atoms with E-state index in [1.807, 2.05) is 24.8 Å². The largest absolute Gasteiger partial charge is 0.371 e. The summed E-state index contributed by atoms with van der Waals surface area (Å²) in [6.45, 7) is 3.04. The van der Waals surface area contributed by atoms with Crippen molar-refractivity contribution in [2.45, 2.75) is 25.8 Å². The summed E-state index contributed by atoms with van der Waals surface area (Å²) in [6.07, 6.45) is 15.7. The Morgan fingerprint density at radius 3 is 2.71 bits per heavy atom. The fourth-order valence-electron chi connectivity index (χ4n) is 5.04. The van der Waals surface area contributed by atoms with E-state index in [1.54, 1.807) is 0 Å². The molecule has 8 heteroatoms. The first-order valence-electron chi connectivity index (χ1n) is 12.2. The first-order chi connectivity index (χ1) is 17.2. The van der Waals surface area contributed by atoms with Crippen LogP contribution in [0.5, 0.6) is 0 Å². The van der Waals surface area contributed by atoms with Crippen LogP contribution in [0.2, 0.25) is 0 Å². The maximum absolute atomic E-state index is 4.64. The van der Waals surface area contributed by atoms with Gasteiger partial charge >= 0.3 is 0 Å². The van der Waals surface area contributed by atoms with Gasteiger partial charge in [0, 0.05) is 72.2 Å². The van der Waals surface area contributed by atoms with Gasteiger partial charge in [0.2, 0.25) is 0 Å². The van der Waals surface area contributed by atoms with Crippen LogP contribution in [0.25, 0.3) is 39.2 Å². The van der Waals surface area contributed by atoms with Crippen LogP contribution in [0.3, 0.4) is 0 Å². The number of nitrogens with zero attached hydrogens (tertiary/aromatic N) is 5. The summed E-state index contributed by atoms with van der Waals surface area (Å²) in [6, 6.07) is 6.55. The zero-order chi connectivity index (χ0) is 23.8. The lowest BCUT2D eigenvalue weighted by molar-refractivity contribution is 0.326. The van der Waals surface area contributed by atoms with Crippen LogP contribution in [0.4, 0.5) is 5.82 Å². The SMILES string of the molecule is CN(C)Cc1cncc(-c2cnc3n[nH]c(-c4cc5c([nH]4)NC=CC=C5N4CCCCC4)c3c2)c1. The second-order valence-electron chi connectivity index (χ2n) is 9.59. The Morgan fingerprint density at radius 1 is 1.00 bits per heavy atom. The molecule has 0 radical (unpaired) electrons. The van der Waals surface area contributed by atoms with Crippen LogP contribution < -0.4 is 5.32 Å². The molecule has 0 spiro atoms. The van der Waals surface area contributed by atoms with Gasteiger partial charge in [-0.25, -0.2) is 4.98 Å². The van der Waals surface area contributed by atoms with E-state index in [0.717, 1.165) is 53.4 Å². The predicted octanol–water partition coefficient (Wildman–Crippen LogP) is 4.84. The topological polar surface area (TPSA) is 88.8 Å². The normalized spacial score (nSPS) is 15.7. The Kier molecular flexibility index (Phi) is 5.58. The van der Waals surface area contributed by atoms with Crippen molar-refractivity contribution in [3.05, 3.63) is 66.3 Å². The van der Waals surface area contributed by atoms with Crippen molar-refractivity contribution < 1.29 is 0 Å². The molecule has 4 aromatic heterocycles. The number of hydrogen-bond donors (Lipinski definition) is 3. The van der Waals surface area contributed by atoms with Crippen LogP contribution in [0.1, 0.15) is 30.4 Å². The summed E-state index contributed by atoms with van der Waals surface area (Å²) in [5, 5.41) is 12.1. The van der Waals surface area contributed by atoms with Gasteiger partial charge in [0.25, 0.3) is 0 Å². The Labute approximate surface area is 204 Å². The molecule has 6 heterocycles. The fourth-order valence-corrected chi connectivity index (χ4v) is 5.04. The first-order valence-corrected chi connectivity index (χ1v) is 12.2. The van der Waals surface area contributed by atoms with Gasteiger partial charge in [-0.05, 0) is 69.3 Å². The van der Waals surface area contributed by atoms with Crippen molar-refractivity contribution in [3.63, 3.8) is 0 Å². The van der Waals surface area contributed by atoms with E-state index in [0.29, 0.717) is 5.65 Å². The Balaban J connectivity index is 1.38. The number of pyridine rings is 2. The number of aromatic amines is 2. The molecule has 1 fully saturated rings. The number of nitrogens with one attached hydrogen (secondary N) is 3. The summed E-state index contributed by atoms with van der Waals surface area (Å²) < 4.78 is 0. The number of fused-ring (bicyclic) bond motifs is 2. The Bertz CT molecular complexity index is 1420. The van der Waals surface area contributed by atoms with Gasteiger partial charge in [-0.1, -0.05) is 0 Å². The van der Waals surface area contributed by atoms with Crippen molar-refractivity contribution in [1.29, 1.82) is 0 Å². The van der Waals surface area contributed by atoms with E-state index in [4.69, 9.17) is 0 Å². The van der Waals surface area contributed by atoms with E-state index < -0.39 is 0 Å². The predicted molar refractivity (Wildman–Crippen MR) is 140 cm³/mol. The maximum Gasteiger partial charge on any atom is 0.181 e. The smallest absolute Gasteiger partial charge is 0.181 e. The van der Waals surface area contributed by atoms with E-state index >= 15 is 0 Å². The van der Waals surface area contributed by atoms with Gasteiger partial charge in [0.15, 0.2) is 5.65 Å². The van der Waals surface area contributed by atoms with E-state index in [9.17, 15) is 0 Å². The fraction of sp³-hybridized carbons (Fsp3) is 0.296. The van der Waals surface area contributed by atoms with Crippen molar-refractivity contribution in [2.24, 2.45) is 0 Å². The molecule has 0 amide bonds. The molecule has 2 aliphatic rings. The zero-order valence-corrected chi connectivity index (χ0v) is 20.2. The number of hydrogen-bond acceptors (Lipinski definition) is 6. The van der Waals surface area contributed by atoms with E-state index in [-0.39, 0.29) is 0 Å². The molecule has 35 heavy (non-hydrogen) atoms. The number of rotatable bonds is 5. The van der Waals surface area contributed by atoms with Gasteiger partial charge < -0.3 is 20.1 Å². The maximum atomic E-state index is 4.64. The molecular weight excluding hydrogens is 436 g/mol. The molecule has 0 aliphatic carbocycles. The number of aromatic nitrogens is 5. The molecule has 6 rings (SSSR count). The second kappa shape index (κ2) is 9.03. The lowest BCUT2D eigenvalue weighted by Crippen LogP contribution is -2.28. The lowest BCUT2D eigenvalue weighted by Gasteiger charge is -2.30. The van der Waals surface area contributed by atoms with Crippen LogP contribution in [-0.2, 0) is 6.54 Å². The molecule has 3 N–H and O–H groups in total. The van der Waals surface area contributed by atoms with Gasteiger partial charge in [0.1, 0.15) is 5.82 Å². The summed E-state index contributed by atoms with van der Waals surface area (Å²) in [7, 11) is 4.12. The molecular formula is C27H30N8. The number of H-pyrrole nitrogens is 2. The van der Waals surface area contributed by atoms with Crippen molar-refractivity contribution in [2.75, 3.05) is 32.5 Å². The highest BCUT2D eigenvalue weighted by Crippen LogP contribution is 2.36. The van der Waals surface area contributed by atoms with Crippen molar-refractivity contribution in [3.8, 4) is 22.5 Å². The summed E-state index contributed by atoms with van der Waals surface area (Å²) in [5.41, 5.74) is 8.31. The molecule has 0 unspecified atom stereocenters. The molecule has 178 valence electrons. The number of allylic oxidation sites excluding steroid dienone is 2. The standard InChI is InChI=1S/C27H30N8/c1-34(2)17-18-11-19(15-28-14-18)20-12-22-25(32-33-27(22)30-16-20)23-13-21-24(35-9-4-3-5-10-35)7-6-8-29-26(21)31-23/h6-8,11-16,29,31H,3-5,9-10,17H2,1-2H3,(H,30,32,33). The highest BCUT2D eigenvalue weighted by atomic mass is 15.2. The number of anilines is 1. The average Bonchev–Trinajstić information content (AvgIpc) is 3.43. The quantitative estimate of drug-likeness (QED) is 0.390. The second-order valence-corrected chi connectivity index (χ2v) is 9.59. The molecule has 2 aliphatic heterocycles. The highest BCUT2D eigenvalue weighted by molar-refractivity contribution is 5.94. The summed E-state index contributed by atoms with van der Waals surface area (Å²) in [5.74, 6) is 0.998. The third-order valence-corrected chi connectivity index (χ3v) is 6.67. The molecule has 0 saturated carbocycles. The van der Waals surface area contributed by atoms with Crippen molar-refractivity contribution in [1.82, 2.24) is 34.9 Å². The number of likely N-dealkylation sites (tertiary alicyclic amines) is 1. The van der Waals surface area contributed by atoms with Crippen LogP contribution in [0, 0.1) is 0 Å². The van der Waals surface area contributed by atoms with Crippen LogP contribution >= 0.6 is 0 Å². The van der Waals surface area contributed by atoms with E-state index in [1.165, 1.54) is 36.1 Å². The Hall–Kier alpha value is -3.91. The van der Waals surface area contributed by atoms with Crippen LogP contribution in [0.15, 0.2) is 55.1 Å². The minimum Gasteiger partial charge on any atom is -0.371 e. The average molecular weight is 467 g/mol. The first kappa shape index (κ1) is 21.6. The highest BCUT2D eigenvalue weighted by Gasteiger charge is 2.22. The molecule has 0 bridgehead atoms. The molecule has 8 nitrogen and oxygen atoms in total. The third kappa shape index (κ3) is 4.21. The summed E-state index contributed by atoms with van der Waals surface area (Å²) >= 11 is 0. The van der Waals surface area contributed by atoms with E-state index in [2.05, 4.69) is 84.7 Å². The molecule has 0 aromatic carbocycles. The molecule has 0 atom stereocenters.